The van der Waals surface area contributed by atoms with Crippen LogP contribution in [-0.4, -0.2) is 13.7 Å². The molecule has 0 saturated heterocycles. The molecule has 3 aromatic heterocycles. The molecule has 0 aliphatic heterocycles. The SMILES string of the molecule is C/C(=C\C(=C/N)c1cc(-n2c3c(c4cc(C)ccc42)CC(C)C=C3)cc(-n2c3c(c4cc(C)ccc42)C[C@@H](C)C=C3)c1)c1ccc(-n2c3ccc(C)cc3c3cc(C)ccc32)cc1. The van der Waals surface area contributed by atoms with Crippen LogP contribution >= 0.6 is 0 Å². The zero-order chi connectivity index (χ0) is 43.3. The molecule has 0 saturated carbocycles. The second-order valence-corrected chi connectivity index (χ2v) is 18.6. The fourth-order valence-electron chi connectivity index (χ4n) is 10.6. The molecule has 6 aromatic carbocycles. The van der Waals surface area contributed by atoms with Crippen LogP contribution in [0.15, 0.2) is 140 Å². The number of hydrogen-bond acceptors (Lipinski definition) is 1. The minimum absolute atomic E-state index is 0.485. The highest BCUT2D eigenvalue weighted by Crippen LogP contribution is 2.41. The van der Waals surface area contributed by atoms with E-state index in [0.29, 0.717) is 11.8 Å². The monoisotopic (exact) mass is 818 g/mol. The highest BCUT2D eigenvalue weighted by atomic mass is 15.0. The molecule has 310 valence electrons. The standard InChI is InChI=1S/C59H54N4/c1-35-8-18-54-48(24-35)49-25-36(2)9-19-55(49)61(54)45-16-14-42(15-17-45)41(7)30-44(34-60)43-31-46(62-56-20-10-37(3)26-50(56)51-27-38(4)11-21-57(51)62)33-47(32-43)63-58-22-12-39(5)28-52(58)53-29-40(6)13-23-59(53)63/h8-26,28,30-34,38,40H,27,29,60H2,1-7H3/b41-30+,44-34+/t38-,40?/m0/s1. The number of nitrogens with two attached hydrogens (primary N) is 1. The second-order valence-electron chi connectivity index (χ2n) is 18.6. The lowest BCUT2D eigenvalue weighted by Gasteiger charge is -2.20. The Hall–Kier alpha value is -7.04. The summed E-state index contributed by atoms with van der Waals surface area (Å²) in [5.41, 5.74) is 29.8. The third kappa shape index (κ3) is 6.42. The van der Waals surface area contributed by atoms with Gasteiger partial charge in [-0.1, -0.05) is 84.7 Å². The van der Waals surface area contributed by atoms with E-state index in [2.05, 4.69) is 208 Å². The third-order valence-electron chi connectivity index (χ3n) is 13.7. The fraction of sp³-hybridized carbons (Fsp3) is 0.186. The van der Waals surface area contributed by atoms with Crippen molar-refractivity contribution < 1.29 is 0 Å². The summed E-state index contributed by atoms with van der Waals surface area (Å²) in [6.45, 7) is 15.6. The second kappa shape index (κ2) is 14.8. The van der Waals surface area contributed by atoms with Gasteiger partial charge in [-0.25, -0.2) is 0 Å². The molecule has 0 amide bonds. The van der Waals surface area contributed by atoms with Gasteiger partial charge in [0.2, 0.25) is 0 Å². The van der Waals surface area contributed by atoms with Crippen molar-refractivity contribution in [1.82, 2.24) is 13.7 Å². The average Bonchev–Trinajstić information content (AvgIpc) is 3.89. The van der Waals surface area contributed by atoms with Gasteiger partial charge in [0.05, 0.1) is 22.1 Å². The Morgan fingerprint density at radius 2 is 0.921 bits per heavy atom. The summed E-state index contributed by atoms with van der Waals surface area (Å²) in [6.07, 6.45) is 15.5. The lowest BCUT2D eigenvalue weighted by atomic mass is 9.93. The maximum absolute atomic E-state index is 6.70. The molecule has 0 spiro atoms. The van der Waals surface area contributed by atoms with Crippen molar-refractivity contribution in [2.75, 3.05) is 0 Å². The number of allylic oxidation sites excluding steroid dienone is 5. The van der Waals surface area contributed by atoms with Crippen LogP contribution in [0.5, 0.6) is 0 Å². The number of fused-ring (bicyclic) bond motifs is 9. The van der Waals surface area contributed by atoms with Crippen LogP contribution in [0.25, 0.3) is 84.0 Å². The van der Waals surface area contributed by atoms with Gasteiger partial charge in [0, 0.05) is 56.2 Å². The van der Waals surface area contributed by atoms with Gasteiger partial charge in [0.25, 0.3) is 0 Å². The van der Waals surface area contributed by atoms with Gasteiger partial charge in [-0.05, 0) is 190 Å². The summed E-state index contributed by atoms with van der Waals surface area (Å²) in [5, 5.41) is 5.25. The normalized spacial score (nSPS) is 16.5. The summed E-state index contributed by atoms with van der Waals surface area (Å²) < 4.78 is 7.37. The van der Waals surface area contributed by atoms with Crippen molar-refractivity contribution >= 4 is 66.9 Å². The highest BCUT2D eigenvalue weighted by Gasteiger charge is 2.25. The van der Waals surface area contributed by atoms with Gasteiger partial charge in [-0.2, -0.15) is 0 Å². The Kier molecular flexibility index (Phi) is 9.13. The predicted octanol–water partition coefficient (Wildman–Crippen LogP) is 14.7. The summed E-state index contributed by atoms with van der Waals surface area (Å²) in [6, 6.07) is 43.5. The van der Waals surface area contributed by atoms with E-state index in [1.165, 1.54) is 88.4 Å². The predicted molar refractivity (Wildman–Crippen MR) is 269 cm³/mol. The molecule has 63 heavy (non-hydrogen) atoms. The minimum Gasteiger partial charge on any atom is -0.404 e. The van der Waals surface area contributed by atoms with Gasteiger partial charge in [-0.15, -0.1) is 0 Å². The largest absolute Gasteiger partial charge is 0.404 e. The van der Waals surface area contributed by atoms with Crippen molar-refractivity contribution in [3.05, 3.63) is 196 Å². The van der Waals surface area contributed by atoms with E-state index in [9.17, 15) is 0 Å². The van der Waals surface area contributed by atoms with Crippen molar-refractivity contribution in [2.24, 2.45) is 17.6 Å². The van der Waals surface area contributed by atoms with E-state index < -0.39 is 0 Å². The number of aryl methyl sites for hydroxylation is 4. The molecule has 0 radical (unpaired) electrons. The molecule has 4 heteroatoms. The molecule has 11 rings (SSSR count). The molecule has 2 aliphatic carbocycles. The maximum Gasteiger partial charge on any atom is 0.0541 e. The van der Waals surface area contributed by atoms with Crippen LogP contribution in [0.4, 0.5) is 0 Å². The van der Waals surface area contributed by atoms with Crippen LogP contribution in [0.2, 0.25) is 0 Å². The molecule has 1 unspecified atom stereocenters. The van der Waals surface area contributed by atoms with E-state index in [0.717, 1.165) is 52.2 Å². The highest BCUT2D eigenvalue weighted by molar-refractivity contribution is 6.09. The quantitative estimate of drug-likeness (QED) is 0.167. The topological polar surface area (TPSA) is 40.8 Å². The molecule has 4 nitrogen and oxygen atoms in total. The molecule has 9 aromatic rings. The molecule has 3 heterocycles. The first-order valence-corrected chi connectivity index (χ1v) is 22.6. The van der Waals surface area contributed by atoms with E-state index in [4.69, 9.17) is 5.73 Å². The Bertz CT molecular complexity index is 3290. The van der Waals surface area contributed by atoms with Crippen LogP contribution in [-0.2, 0) is 12.8 Å². The summed E-state index contributed by atoms with van der Waals surface area (Å²) in [7, 11) is 0. The molecule has 0 fully saturated rings. The molecule has 0 bridgehead atoms. The first-order valence-electron chi connectivity index (χ1n) is 22.6. The van der Waals surface area contributed by atoms with Gasteiger partial charge in [0.1, 0.15) is 0 Å². The smallest absolute Gasteiger partial charge is 0.0541 e. The van der Waals surface area contributed by atoms with Crippen LogP contribution < -0.4 is 5.73 Å². The number of nitrogens with zero attached hydrogens (tertiary/aromatic N) is 3. The van der Waals surface area contributed by atoms with E-state index in [1.54, 1.807) is 6.20 Å². The number of aromatic nitrogens is 3. The molecule has 2 atom stereocenters. The lowest BCUT2D eigenvalue weighted by molar-refractivity contribution is 0.717. The lowest BCUT2D eigenvalue weighted by Crippen LogP contribution is -2.08. The Morgan fingerprint density at radius 3 is 1.37 bits per heavy atom. The molecular formula is C59H54N4. The van der Waals surface area contributed by atoms with E-state index in [-0.39, 0.29) is 0 Å². The summed E-state index contributed by atoms with van der Waals surface area (Å²) in [4.78, 5) is 0. The van der Waals surface area contributed by atoms with E-state index in [1.807, 2.05) is 0 Å². The van der Waals surface area contributed by atoms with Gasteiger partial charge in [-0.3, -0.25) is 0 Å². The van der Waals surface area contributed by atoms with Crippen molar-refractivity contribution in [3.63, 3.8) is 0 Å². The first-order chi connectivity index (χ1) is 30.5. The zero-order valence-corrected chi connectivity index (χ0v) is 37.4. The zero-order valence-electron chi connectivity index (χ0n) is 37.4. The van der Waals surface area contributed by atoms with Crippen LogP contribution in [0.3, 0.4) is 0 Å². The Labute approximate surface area is 370 Å². The Morgan fingerprint density at radius 1 is 0.492 bits per heavy atom. The summed E-state index contributed by atoms with van der Waals surface area (Å²) in [5.74, 6) is 0.970. The Balaban J connectivity index is 1.07. The summed E-state index contributed by atoms with van der Waals surface area (Å²) >= 11 is 0. The molecule has 2 aliphatic rings. The molecular weight excluding hydrogens is 765 g/mol. The maximum atomic E-state index is 6.70. The van der Waals surface area contributed by atoms with Crippen LogP contribution in [0, 0.1) is 39.5 Å². The van der Waals surface area contributed by atoms with Gasteiger partial charge >= 0.3 is 0 Å². The number of benzene rings is 6. The van der Waals surface area contributed by atoms with Crippen molar-refractivity contribution in [2.45, 2.75) is 61.3 Å². The van der Waals surface area contributed by atoms with Crippen LogP contribution in [0.1, 0.15) is 76.7 Å². The van der Waals surface area contributed by atoms with Gasteiger partial charge < -0.3 is 19.4 Å². The molecule has 2 N–H and O–H groups in total. The van der Waals surface area contributed by atoms with Crippen molar-refractivity contribution in [1.29, 1.82) is 0 Å². The van der Waals surface area contributed by atoms with Gasteiger partial charge in [0.15, 0.2) is 0 Å². The average molecular weight is 819 g/mol. The third-order valence-corrected chi connectivity index (χ3v) is 13.7. The van der Waals surface area contributed by atoms with E-state index >= 15 is 0 Å². The van der Waals surface area contributed by atoms with Crippen molar-refractivity contribution in [3.8, 4) is 17.1 Å². The fourth-order valence-corrected chi connectivity index (χ4v) is 10.6. The number of hydrogen-bond donors (Lipinski definition) is 1. The first kappa shape index (κ1) is 38.9. The minimum atomic E-state index is 0.485. The number of rotatable bonds is 6.